The highest BCUT2D eigenvalue weighted by Crippen LogP contribution is 2.34. The Hall–Kier alpha value is -3.90. The zero-order chi connectivity index (χ0) is 21.6. The number of nitro benzene ring substituents is 1. The highest BCUT2D eigenvalue weighted by molar-refractivity contribution is 5.91. The summed E-state index contributed by atoms with van der Waals surface area (Å²) >= 11 is 0. The number of aliphatic imine (C=N–C) groups is 1. The van der Waals surface area contributed by atoms with E-state index in [1.54, 1.807) is 0 Å². The second kappa shape index (κ2) is 9.34. The van der Waals surface area contributed by atoms with Crippen LogP contribution in [0, 0.1) is 10.1 Å². The lowest BCUT2D eigenvalue weighted by Crippen LogP contribution is -2.48. The summed E-state index contributed by atoms with van der Waals surface area (Å²) in [6.07, 6.45) is 0.431. The fourth-order valence-corrected chi connectivity index (χ4v) is 2.67. The van der Waals surface area contributed by atoms with Crippen molar-refractivity contribution in [1.29, 1.82) is 0 Å². The molecule has 29 heavy (non-hydrogen) atoms. The first-order chi connectivity index (χ1) is 13.7. The van der Waals surface area contributed by atoms with Gasteiger partial charge in [-0.3, -0.25) is 19.9 Å². The summed E-state index contributed by atoms with van der Waals surface area (Å²) in [5.41, 5.74) is 10.4. The van der Waals surface area contributed by atoms with Gasteiger partial charge in [0.15, 0.2) is 11.7 Å². The number of carboxylic acids is 1. The van der Waals surface area contributed by atoms with Crippen molar-refractivity contribution < 1.29 is 29.2 Å². The Morgan fingerprint density at radius 1 is 1.41 bits per heavy atom. The van der Waals surface area contributed by atoms with Crippen LogP contribution in [0.15, 0.2) is 23.2 Å². The number of rotatable bonds is 9. The molecular weight excluding hydrogens is 388 g/mol. The summed E-state index contributed by atoms with van der Waals surface area (Å²) < 4.78 is 4.99. The molecule has 0 saturated heterocycles. The Balaban J connectivity index is 2.04. The summed E-state index contributed by atoms with van der Waals surface area (Å²) in [4.78, 5) is 50.8. The third-order valence-corrected chi connectivity index (χ3v) is 3.95. The number of nitro groups is 1. The summed E-state index contributed by atoms with van der Waals surface area (Å²) in [5, 5.41) is 22.5. The molecule has 0 aromatic heterocycles. The van der Waals surface area contributed by atoms with Crippen molar-refractivity contribution >= 4 is 35.2 Å². The minimum Gasteiger partial charge on any atom is -0.480 e. The number of guanidine groups is 1. The van der Waals surface area contributed by atoms with E-state index in [-0.39, 0.29) is 43.5 Å². The van der Waals surface area contributed by atoms with Gasteiger partial charge < -0.3 is 31.5 Å². The lowest BCUT2D eigenvalue weighted by molar-refractivity contribution is -0.384. The molecule has 1 atom stereocenters. The summed E-state index contributed by atoms with van der Waals surface area (Å²) in [7, 11) is 0. The zero-order valence-corrected chi connectivity index (χ0v) is 15.2. The van der Waals surface area contributed by atoms with Gasteiger partial charge in [-0.15, -0.1) is 0 Å². The maximum absolute atomic E-state index is 12.3. The van der Waals surface area contributed by atoms with Gasteiger partial charge in [0.1, 0.15) is 12.6 Å². The molecule has 2 rings (SSSR count). The summed E-state index contributed by atoms with van der Waals surface area (Å²) in [5.74, 6) is -2.72. The van der Waals surface area contributed by atoms with E-state index in [0.717, 1.165) is 6.07 Å². The Morgan fingerprint density at radius 2 is 2.14 bits per heavy atom. The molecule has 0 aliphatic carbocycles. The van der Waals surface area contributed by atoms with E-state index in [1.807, 2.05) is 0 Å². The van der Waals surface area contributed by atoms with E-state index >= 15 is 0 Å². The summed E-state index contributed by atoms with van der Waals surface area (Å²) in [6, 6.07) is 2.50. The van der Waals surface area contributed by atoms with E-state index in [9.17, 15) is 29.6 Å². The number of ether oxygens (including phenoxy) is 1. The van der Waals surface area contributed by atoms with Crippen molar-refractivity contribution in [3.63, 3.8) is 0 Å². The number of nitrogens with two attached hydrogens (primary N) is 2. The molecule has 1 unspecified atom stereocenters. The van der Waals surface area contributed by atoms with Crippen molar-refractivity contribution in [3.8, 4) is 5.75 Å². The lowest BCUT2D eigenvalue weighted by Gasteiger charge is -2.29. The molecular formula is C16H20N6O7. The number of carboxylic acid groups (broad SMARTS) is 1. The van der Waals surface area contributed by atoms with Gasteiger partial charge >= 0.3 is 11.9 Å². The van der Waals surface area contributed by atoms with Crippen LogP contribution in [0.2, 0.25) is 0 Å². The van der Waals surface area contributed by atoms with Crippen LogP contribution in [-0.4, -0.2) is 59.5 Å². The Morgan fingerprint density at radius 3 is 2.76 bits per heavy atom. The van der Waals surface area contributed by atoms with Crippen LogP contribution >= 0.6 is 0 Å². The van der Waals surface area contributed by atoms with E-state index in [0.29, 0.717) is 12.1 Å². The number of carbonyl (C=O) groups is 3. The first kappa shape index (κ1) is 21.4. The highest BCUT2D eigenvalue weighted by Gasteiger charge is 2.28. The molecule has 1 amide bonds. The van der Waals surface area contributed by atoms with Gasteiger partial charge in [-0.2, -0.15) is 0 Å². The number of anilines is 1. The third kappa shape index (κ3) is 6.05. The van der Waals surface area contributed by atoms with Gasteiger partial charge in [-0.25, -0.2) is 9.59 Å². The molecule has 1 aliphatic rings. The van der Waals surface area contributed by atoms with Crippen molar-refractivity contribution in [3.05, 3.63) is 28.3 Å². The van der Waals surface area contributed by atoms with Gasteiger partial charge in [0.25, 0.3) is 5.69 Å². The molecule has 1 aromatic carbocycles. The first-order valence-electron chi connectivity index (χ1n) is 8.49. The molecule has 0 bridgehead atoms. The maximum atomic E-state index is 12.3. The van der Waals surface area contributed by atoms with Crippen LogP contribution in [0.3, 0.4) is 0 Å². The van der Waals surface area contributed by atoms with Gasteiger partial charge in [-0.05, 0) is 18.9 Å². The van der Waals surface area contributed by atoms with E-state index < -0.39 is 28.8 Å². The molecule has 0 fully saturated rings. The lowest BCUT2D eigenvalue weighted by atomic mass is 10.1. The molecule has 1 aliphatic heterocycles. The fourth-order valence-electron chi connectivity index (χ4n) is 2.67. The Labute approximate surface area is 164 Å². The minimum atomic E-state index is -1.22. The molecule has 13 heteroatoms. The number of fused-ring (bicyclic) bond motifs is 1. The molecule has 0 saturated carbocycles. The molecule has 1 aromatic rings. The number of aliphatic carboxylic acids is 1. The van der Waals surface area contributed by atoms with Gasteiger partial charge in [0.2, 0.25) is 5.91 Å². The fraction of sp³-hybridized carbons (Fsp3) is 0.375. The predicted molar refractivity (Wildman–Crippen MR) is 100 cm³/mol. The van der Waals surface area contributed by atoms with Crippen LogP contribution in [0.5, 0.6) is 5.75 Å². The van der Waals surface area contributed by atoms with Crippen molar-refractivity contribution in [1.82, 2.24) is 5.32 Å². The first-order valence-corrected chi connectivity index (χ1v) is 8.49. The number of benzene rings is 1. The van der Waals surface area contributed by atoms with Crippen LogP contribution < -0.4 is 26.4 Å². The molecule has 13 nitrogen and oxygen atoms in total. The quantitative estimate of drug-likeness (QED) is 0.0741. The number of non-ortho nitro benzene ring substituents is 1. The average Bonchev–Trinajstić information content (AvgIpc) is 2.63. The van der Waals surface area contributed by atoms with E-state index in [2.05, 4.69) is 10.3 Å². The maximum Gasteiger partial charge on any atom is 0.331 e. The Kier molecular flexibility index (Phi) is 6.89. The van der Waals surface area contributed by atoms with Crippen molar-refractivity contribution in [2.24, 2.45) is 16.5 Å². The highest BCUT2D eigenvalue weighted by atomic mass is 16.6. The summed E-state index contributed by atoms with van der Waals surface area (Å²) in [6.45, 7) is -0.385. The molecule has 6 N–H and O–H groups in total. The molecule has 0 radical (unpaired) electrons. The van der Waals surface area contributed by atoms with Gasteiger partial charge in [0.05, 0.1) is 23.2 Å². The molecule has 1 heterocycles. The van der Waals surface area contributed by atoms with Gasteiger partial charge in [-0.1, -0.05) is 0 Å². The number of carbonyl (C=O) groups excluding carboxylic acids is 2. The number of nitrogens with one attached hydrogen (secondary N) is 1. The smallest absolute Gasteiger partial charge is 0.331 e. The van der Waals surface area contributed by atoms with Crippen molar-refractivity contribution in [2.75, 3.05) is 24.5 Å². The minimum absolute atomic E-state index is 0.0460. The molecule has 0 spiro atoms. The zero-order valence-electron chi connectivity index (χ0n) is 15.2. The van der Waals surface area contributed by atoms with Crippen LogP contribution in [0.4, 0.5) is 11.4 Å². The number of hydrogen-bond acceptors (Lipinski definition) is 8. The SMILES string of the molecule is NC(N)=NCCCC(NC(=O)CN1CC(=O)Oc2cc([N+](=O)[O-])ccc21)C(=O)O. The van der Waals surface area contributed by atoms with E-state index in [1.165, 1.54) is 17.0 Å². The Bertz CT molecular complexity index is 852. The van der Waals surface area contributed by atoms with Gasteiger partial charge in [0, 0.05) is 12.6 Å². The normalized spacial score (nSPS) is 13.7. The van der Waals surface area contributed by atoms with E-state index in [4.69, 9.17) is 16.2 Å². The van der Waals surface area contributed by atoms with Crippen molar-refractivity contribution in [2.45, 2.75) is 18.9 Å². The predicted octanol–water partition coefficient (Wildman–Crippen LogP) is -1.06. The van der Waals surface area contributed by atoms with Crippen LogP contribution in [0.1, 0.15) is 12.8 Å². The average molecular weight is 408 g/mol. The van der Waals surface area contributed by atoms with Crippen LogP contribution in [-0.2, 0) is 14.4 Å². The van der Waals surface area contributed by atoms with Crippen LogP contribution in [0.25, 0.3) is 0 Å². The standard InChI is InChI=1S/C16H20N6O7/c17-16(18)19-5-1-2-10(15(25)26)20-13(23)7-21-8-14(24)29-12-6-9(22(27)28)3-4-11(12)21/h3-4,6,10H,1-2,5,7-8H2,(H,20,23)(H,25,26)(H4,17,18,19). The monoisotopic (exact) mass is 408 g/mol. The number of hydrogen-bond donors (Lipinski definition) is 4. The third-order valence-electron chi connectivity index (χ3n) is 3.95. The molecule has 156 valence electrons. The largest absolute Gasteiger partial charge is 0.480 e. The topological polar surface area (TPSA) is 203 Å². The second-order valence-corrected chi connectivity index (χ2v) is 6.15. The number of nitrogens with zero attached hydrogens (tertiary/aromatic N) is 3. The second-order valence-electron chi connectivity index (χ2n) is 6.15. The number of amides is 1. The number of esters is 1.